The number of rotatable bonds is 5. The van der Waals surface area contributed by atoms with Gasteiger partial charge in [0.15, 0.2) is 0 Å². The minimum atomic E-state index is -0.179. The zero-order valence-corrected chi connectivity index (χ0v) is 12.7. The summed E-state index contributed by atoms with van der Waals surface area (Å²) in [7, 11) is 3.20. The standard InChI is InChI=1S/C15H19N3O4/c1-20-10-5-6-13(21-2)12(8-10)18-15(11(9-19)16-17-18)14-4-3-7-22-14/h5-6,8,14,19H,3-4,7,9H2,1-2H3. The molecule has 0 aliphatic carbocycles. The molecule has 0 spiro atoms. The fraction of sp³-hybridized carbons (Fsp3) is 0.467. The topological polar surface area (TPSA) is 78.6 Å². The molecule has 1 saturated heterocycles. The second-order valence-electron chi connectivity index (χ2n) is 5.03. The molecule has 1 aliphatic rings. The summed E-state index contributed by atoms with van der Waals surface area (Å²) in [5.41, 5.74) is 2.00. The average molecular weight is 305 g/mol. The Morgan fingerprint density at radius 1 is 1.36 bits per heavy atom. The molecule has 2 heterocycles. The minimum absolute atomic E-state index is 0.118. The average Bonchev–Trinajstić information content (AvgIpc) is 3.22. The van der Waals surface area contributed by atoms with E-state index in [0.29, 0.717) is 29.5 Å². The van der Waals surface area contributed by atoms with E-state index in [0.717, 1.165) is 18.5 Å². The summed E-state index contributed by atoms with van der Waals surface area (Å²) < 4.78 is 18.1. The van der Waals surface area contributed by atoms with E-state index in [2.05, 4.69) is 10.3 Å². The monoisotopic (exact) mass is 305 g/mol. The maximum atomic E-state index is 9.54. The number of hydrogen-bond donors (Lipinski definition) is 1. The molecule has 118 valence electrons. The van der Waals surface area contributed by atoms with E-state index in [1.54, 1.807) is 18.9 Å². The second-order valence-corrected chi connectivity index (χ2v) is 5.03. The van der Waals surface area contributed by atoms with Crippen LogP contribution >= 0.6 is 0 Å². The molecule has 1 atom stereocenters. The maximum Gasteiger partial charge on any atom is 0.144 e. The number of aliphatic hydroxyl groups is 1. The highest BCUT2D eigenvalue weighted by molar-refractivity contribution is 5.51. The highest BCUT2D eigenvalue weighted by Crippen LogP contribution is 2.35. The van der Waals surface area contributed by atoms with Crippen molar-refractivity contribution in [3.8, 4) is 17.2 Å². The van der Waals surface area contributed by atoms with Crippen molar-refractivity contribution >= 4 is 0 Å². The Morgan fingerprint density at radius 3 is 2.86 bits per heavy atom. The van der Waals surface area contributed by atoms with Crippen LogP contribution in [-0.4, -0.2) is 40.9 Å². The van der Waals surface area contributed by atoms with Gasteiger partial charge in [-0.1, -0.05) is 5.21 Å². The molecule has 1 N–H and O–H groups in total. The van der Waals surface area contributed by atoms with Crippen LogP contribution in [0.25, 0.3) is 5.69 Å². The lowest BCUT2D eigenvalue weighted by Gasteiger charge is -2.16. The van der Waals surface area contributed by atoms with Gasteiger partial charge in [-0.2, -0.15) is 0 Å². The van der Waals surface area contributed by atoms with Crippen molar-refractivity contribution in [1.82, 2.24) is 15.0 Å². The first-order valence-electron chi connectivity index (χ1n) is 7.17. The van der Waals surface area contributed by atoms with Gasteiger partial charge >= 0.3 is 0 Å². The zero-order valence-electron chi connectivity index (χ0n) is 12.7. The van der Waals surface area contributed by atoms with E-state index in [1.165, 1.54) is 0 Å². The van der Waals surface area contributed by atoms with Crippen LogP contribution in [0.1, 0.15) is 30.3 Å². The molecule has 7 nitrogen and oxygen atoms in total. The quantitative estimate of drug-likeness (QED) is 0.904. The van der Waals surface area contributed by atoms with E-state index in [4.69, 9.17) is 14.2 Å². The third-order valence-electron chi connectivity index (χ3n) is 3.78. The number of benzene rings is 1. The van der Waals surface area contributed by atoms with Crippen LogP contribution in [-0.2, 0) is 11.3 Å². The van der Waals surface area contributed by atoms with Crippen molar-refractivity contribution in [2.45, 2.75) is 25.6 Å². The number of nitrogens with zero attached hydrogens (tertiary/aromatic N) is 3. The van der Waals surface area contributed by atoms with Crippen LogP contribution in [0.2, 0.25) is 0 Å². The van der Waals surface area contributed by atoms with Gasteiger partial charge in [-0.3, -0.25) is 0 Å². The number of methoxy groups -OCH3 is 2. The third kappa shape index (κ3) is 2.53. The Morgan fingerprint density at radius 2 is 2.23 bits per heavy atom. The molecule has 2 aromatic rings. The fourth-order valence-electron chi connectivity index (χ4n) is 2.69. The summed E-state index contributed by atoms with van der Waals surface area (Å²) >= 11 is 0. The third-order valence-corrected chi connectivity index (χ3v) is 3.78. The molecule has 0 saturated carbocycles. The molecule has 0 radical (unpaired) electrons. The molecule has 1 aromatic carbocycles. The Hall–Kier alpha value is -2.12. The molecule has 1 aliphatic heterocycles. The summed E-state index contributed by atoms with van der Waals surface area (Å²) in [6.07, 6.45) is 1.75. The van der Waals surface area contributed by atoms with Gasteiger partial charge in [0.1, 0.15) is 29.0 Å². The van der Waals surface area contributed by atoms with Crippen molar-refractivity contribution < 1.29 is 19.3 Å². The van der Waals surface area contributed by atoms with Gasteiger partial charge in [-0.15, -0.1) is 5.10 Å². The Balaban J connectivity index is 2.13. The smallest absolute Gasteiger partial charge is 0.144 e. The molecule has 22 heavy (non-hydrogen) atoms. The number of aliphatic hydroxyl groups excluding tert-OH is 1. The van der Waals surface area contributed by atoms with Crippen LogP contribution in [0.15, 0.2) is 18.2 Å². The Bertz CT molecular complexity index is 650. The van der Waals surface area contributed by atoms with E-state index in [1.807, 2.05) is 18.2 Å². The van der Waals surface area contributed by atoms with Gasteiger partial charge < -0.3 is 19.3 Å². The van der Waals surface area contributed by atoms with Crippen molar-refractivity contribution in [1.29, 1.82) is 0 Å². The summed E-state index contributed by atoms with van der Waals surface area (Å²) in [5, 5.41) is 17.8. The molecular weight excluding hydrogens is 286 g/mol. The first-order valence-corrected chi connectivity index (χ1v) is 7.17. The normalized spacial score (nSPS) is 17.7. The van der Waals surface area contributed by atoms with Crippen LogP contribution in [0.4, 0.5) is 0 Å². The summed E-state index contributed by atoms with van der Waals surface area (Å²) in [6.45, 7) is 0.525. The lowest BCUT2D eigenvalue weighted by Crippen LogP contribution is -2.10. The van der Waals surface area contributed by atoms with Gasteiger partial charge in [0.05, 0.1) is 26.5 Å². The molecule has 0 bridgehead atoms. The number of ether oxygens (including phenoxy) is 3. The summed E-state index contributed by atoms with van der Waals surface area (Å²) in [5.74, 6) is 1.34. The largest absolute Gasteiger partial charge is 0.497 e. The highest BCUT2D eigenvalue weighted by Gasteiger charge is 2.28. The first-order chi connectivity index (χ1) is 10.8. The van der Waals surface area contributed by atoms with E-state index in [9.17, 15) is 5.11 Å². The highest BCUT2D eigenvalue weighted by atomic mass is 16.5. The van der Waals surface area contributed by atoms with Gasteiger partial charge in [0, 0.05) is 12.7 Å². The Kier molecular flexibility index (Phi) is 4.26. The summed E-state index contributed by atoms with van der Waals surface area (Å²) in [6, 6.07) is 5.46. The van der Waals surface area contributed by atoms with Crippen molar-refractivity contribution in [3.63, 3.8) is 0 Å². The maximum absolute atomic E-state index is 9.54. The van der Waals surface area contributed by atoms with E-state index >= 15 is 0 Å². The van der Waals surface area contributed by atoms with Crippen LogP contribution in [0.5, 0.6) is 11.5 Å². The molecule has 0 amide bonds. The molecule has 7 heteroatoms. The zero-order chi connectivity index (χ0) is 15.5. The van der Waals surface area contributed by atoms with Crippen molar-refractivity contribution in [2.24, 2.45) is 0 Å². The fourth-order valence-corrected chi connectivity index (χ4v) is 2.69. The first kappa shape index (κ1) is 14.8. The molecule has 3 rings (SSSR count). The van der Waals surface area contributed by atoms with Gasteiger partial charge in [0.2, 0.25) is 0 Å². The molecule has 1 unspecified atom stereocenters. The van der Waals surface area contributed by atoms with Gasteiger partial charge in [0.25, 0.3) is 0 Å². The summed E-state index contributed by atoms with van der Waals surface area (Å²) in [4.78, 5) is 0. The van der Waals surface area contributed by atoms with Crippen molar-refractivity contribution in [3.05, 3.63) is 29.6 Å². The van der Waals surface area contributed by atoms with Crippen LogP contribution in [0.3, 0.4) is 0 Å². The molecular formula is C15H19N3O4. The van der Waals surface area contributed by atoms with Crippen molar-refractivity contribution in [2.75, 3.05) is 20.8 Å². The Labute approximate surface area is 128 Å². The van der Waals surface area contributed by atoms with E-state index < -0.39 is 0 Å². The SMILES string of the molecule is COc1ccc(OC)c(-n2nnc(CO)c2C2CCCO2)c1. The molecule has 1 aromatic heterocycles. The van der Waals surface area contributed by atoms with Gasteiger partial charge in [-0.25, -0.2) is 4.68 Å². The van der Waals surface area contributed by atoms with Crippen LogP contribution in [0, 0.1) is 0 Å². The second kappa shape index (κ2) is 6.33. The predicted octanol–water partition coefficient (Wildman–Crippen LogP) is 1.63. The van der Waals surface area contributed by atoms with E-state index in [-0.39, 0.29) is 12.7 Å². The minimum Gasteiger partial charge on any atom is -0.497 e. The lowest BCUT2D eigenvalue weighted by atomic mass is 10.1. The predicted molar refractivity (Wildman–Crippen MR) is 78.3 cm³/mol. The van der Waals surface area contributed by atoms with Crippen LogP contribution < -0.4 is 9.47 Å². The van der Waals surface area contributed by atoms with Gasteiger partial charge in [-0.05, 0) is 25.0 Å². The lowest BCUT2D eigenvalue weighted by molar-refractivity contribution is 0.104. The number of hydrogen-bond acceptors (Lipinski definition) is 6. The molecule has 1 fully saturated rings. The number of aromatic nitrogens is 3.